The van der Waals surface area contributed by atoms with Crippen LogP contribution in [0.2, 0.25) is 0 Å². The highest BCUT2D eigenvalue weighted by Gasteiger charge is 2.22. The van der Waals surface area contributed by atoms with E-state index in [0.29, 0.717) is 6.04 Å². The first-order valence-electron chi connectivity index (χ1n) is 7.31. The Morgan fingerprint density at radius 3 is 2.78 bits per heavy atom. The fourth-order valence-electron chi connectivity index (χ4n) is 3.18. The standard InChI is InChI=1S/C15H27N3/c1-11-7-5-6-8-14(11)9-16-12(2)15-10-18(4)17-13(15)3/h10-12,14,16H,5-9H2,1-4H3. The van der Waals surface area contributed by atoms with Gasteiger partial charge in [0, 0.05) is 24.8 Å². The maximum atomic E-state index is 4.42. The smallest absolute Gasteiger partial charge is 0.0641 e. The van der Waals surface area contributed by atoms with Crippen molar-refractivity contribution in [3.63, 3.8) is 0 Å². The second-order valence-corrected chi connectivity index (χ2v) is 6.00. The number of hydrogen-bond acceptors (Lipinski definition) is 2. The maximum Gasteiger partial charge on any atom is 0.0641 e. The van der Waals surface area contributed by atoms with Gasteiger partial charge in [-0.05, 0) is 38.6 Å². The van der Waals surface area contributed by atoms with Crippen molar-refractivity contribution in [1.82, 2.24) is 15.1 Å². The largest absolute Gasteiger partial charge is 0.310 e. The highest BCUT2D eigenvalue weighted by molar-refractivity contribution is 5.19. The molecule has 102 valence electrons. The van der Waals surface area contributed by atoms with E-state index in [1.54, 1.807) is 0 Å². The SMILES string of the molecule is Cc1nn(C)cc1C(C)NCC1CCCCC1C. The molecule has 0 amide bonds. The Hall–Kier alpha value is -0.830. The lowest BCUT2D eigenvalue weighted by Crippen LogP contribution is -2.31. The Morgan fingerprint density at radius 1 is 1.44 bits per heavy atom. The molecule has 3 heteroatoms. The van der Waals surface area contributed by atoms with Crippen molar-refractivity contribution in [1.29, 1.82) is 0 Å². The van der Waals surface area contributed by atoms with Crippen molar-refractivity contribution in [2.24, 2.45) is 18.9 Å². The molecule has 1 N–H and O–H groups in total. The van der Waals surface area contributed by atoms with Crippen LogP contribution in [0.3, 0.4) is 0 Å². The van der Waals surface area contributed by atoms with Gasteiger partial charge in [0.05, 0.1) is 5.69 Å². The lowest BCUT2D eigenvalue weighted by atomic mass is 9.80. The van der Waals surface area contributed by atoms with Crippen molar-refractivity contribution < 1.29 is 0 Å². The second kappa shape index (κ2) is 5.87. The Labute approximate surface area is 111 Å². The maximum absolute atomic E-state index is 4.42. The summed E-state index contributed by atoms with van der Waals surface area (Å²) in [4.78, 5) is 0. The second-order valence-electron chi connectivity index (χ2n) is 6.00. The molecular formula is C15H27N3. The lowest BCUT2D eigenvalue weighted by Gasteiger charge is -2.30. The molecule has 3 unspecified atom stereocenters. The third kappa shape index (κ3) is 3.14. The van der Waals surface area contributed by atoms with Gasteiger partial charge in [-0.15, -0.1) is 0 Å². The summed E-state index contributed by atoms with van der Waals surface area (Å²) in [5.74, 6) is 1.74. The highest BCUT2D eigenvalue weighted by atomic mass is 15.3. The minimum absolute atomic E-state index is 0.410. The van der Waals surface area contributed by atoms with Gasteiger partial charge in [0.2, 0.25) is 0 Å². The molecule has 18 heavy (non-hydrogen) atoms. The molecule has 3 atom stereocenters. The van der Waals surface area contributed by atoms with E-state index in [1.807, 2.05) is 11.7 Å². The van der Waals surface area contributed by atoms with Crippen LogP contribution in [0.1, 0.15) is 56.8 Å². The minimum Gasteiger partial charge on any atom is -0.310 e. The van der Waals surface area contributed by atoms with Gasteiger partial charge < -0.3 is 5.32 Å². The third-order valence-corrected chi connectivity index (χ3v) is 4.49. The number of rotatable bonds is 4. The van der Waals surface area contributed by atoms with Crippen LogP contribution < -0.4 is 5.32 Å². The number of aryl methyl sites for hydroxylation is 2. The number of nitrogens with one attached hydrogen (secondary N) is 1. The normalized spacial score (nSPS) is 26.2. The zero-order chi connectivity index (χ0) is 13.1. The molecule has 0 aliphatic heterocycles. The molecule has 1 aliphatic rings. The van der Waals surface area contributed by atoms with E-state index in [9.17, 15) is 0 Å². The molecule has 1 saturated carbocycles. The van der Waals surface area contributed by atoms with E-state index < -0.39 is 0 Å². The summed E-state index contributed by atoms with van der Waals surface area (Å²) >= 11 is 0. The molecular weight excluding hydrogens is 222 g/mol. The average Bonchev–Trinajstić information content (AvgIpc) is 2.67. The Balaban J connectivity index is 1.87. The van der Waals surface area contributed by atoms with E-state index in [-0.39, 0.29) is 0 Å². The van der Waals surface area contributed by atoms with Crippen molar-refractivity contribution >= 4 is 0 Å². The van der Waals surface area contributed by atoms with E-state index >= 15 is 0 Å². The molecule has 0 bridgehead atoms. The predicted molar refractivity (Wildman–Crippen MR) is 75.5 cm³/mol. The summed E-state index contributed by atoms with van der Waals surface area (Å²) < 4.78 is 1.91. The monoisotopic (exact) mass is 249 g/mol. The summed E-state index contributed by atoms with van der Waals surface area (Å²) in [6, 6.07) is 0.410. The first-order valence-corrected chi connectivity index (χ1v) is 7.31. The first-order chi connectivity index (χ1) is 8.58. The molecule has 0 saturated heterocycles. The van der Waals surface area contributed by atoms with Gasteiger partial charge in [-0.1, -0.05) is 26.2 Å². The van der Waals surface area contributed by atoms with Crippen LogP contribution in [0.15, 0.2) is 6.20 Å². The number of hydrogen-bond donors (Lipinski definition) is 1. The van der Waals surface area contributed by atoms with Crippen LogP contribution >= 0.6 is 0 Å². The van der Waals surface area contributed by atoms with Crippen LogP contribution in [0, 0.1) is 18.8 Å². The molecule has 1 heterocycles. The topological polar surface area (TPSA) is 29.9 Å². The van der Waals surface area contributed by atoms with E-state index in [2.05, 4.69) is 37.4 Å². The number of nitrogens with zero attached hydrogens (tertiary/aromatic N) is 2. The van der Waals surface area contributed by atoms with Crippen molar-refractivity contribution in [2.45, 2.75) is 52.5 Å². The van der Waals surface area contributed by atoms with Crippen LogP contribution in [0.5, 0.6) is 0 Å². The fraction of sp³-hybridized carbons (Fsp3) is 0.800. The van der Waals surface area contributed by atoms with Crippen LogP contribution in [-0.2, 0) is 7.05 Å². The summed E-state index contributed by atoms with van der Waals surface area (Å²) in [7, 11) is 1.99. The van der Waals surface area contributed by atoms with Crippen LogP contribution in [0.25, 0.3) is 0 Å². The van der Waals surface area contributed by atoms with Gasteiger partial charge in [0.1, 0.15) is 0 Å². The molecule has 3 nitrogen and oxygen atoms in total. The van der Waals surface area contributed by atoms with E-state index in [1.165, 1.54) is 31.2 Å². The molecule has 0 spiro atoms. The average molecular weight is 249 g/mol. The van der Waals surface area contributed by atoms with Crippen molar-refractivity contribution in [3.8, 4) is 0 Å². The lowest BCUT2D eigenvalue weighted by molar-refractivity contribution is 0.242. The highest BCUT2D eigenvalue weighted by Crippen LogP contribution is 2.29. The van der Waals surface area contributed by atoms with Gasteiger partial charge in [0.15, 0.2) is 0 Å². The fourth-order valence-corrected chi connectivity index (χ4v) is 3.18. The van der Waals surface area contributed by atoms with Gasteiger partial charge >= 0.3 is 0 Å². The summed E-state index contributed by atoms with van der Waals surface area (Å²) in [5, 5.41) is 8.12. The van der Waals surface area contributed by atoms with Gasteiger partial charge in [-0.2, -0.15) is 5.10 Å². The summed E-state index contributed by atoms with van der Waals surface area (Å²) in [5.41, 5.74) is 2.48. The third-order valence-electron chi connectivity index (χ3n) is 4.49. The van der Waals surface area contributed by atoms with E-state index in [0.717, 1.165) is 24.1 Å². The molecule has 1 aromatic heterocycles. The predicted octanol–water partition coefficient (Wildman–Crippen LogP) is 3.21. The Morgan fingerprint density at radius 2 is 2.17 bits per heavy atom. The summed E-state index contributed by atoms with van der Waals surface area (Å²) in [6.45, 7) is 7.90. The zero-order valence-corrected chi connectivity index (χ0v) is 12.2. The molecule has 1 aromatic rings. The molecule has 2 rings (SSSR count). The molecule has 0 aromatic carbocycles. The first kappa shape index (κ1) is 13.6. The number of aromatic nitrogens is 2. The van der Waals surface area contributed by atoms with Crippen LogP contribution in [-0.4, -0.2) is 16.3 Å². The Kier molecular flexibility index (Phi) is 4.44. The summed E-state index contributed by atoms with van der Waals surface area (Å²) in [6.07, 6.45) is 7.78. The van der Waals surface area contributed by atoms with Crippen LogP contribution in [0.4, 0.5) is 0 Å². The molecule has 1 fully saturated rings. The minimum atomic E-state index is 0.410. The molecule has 1 aliphatic carbocycles. The van der Waals surface area contributed by atoms with Crippen molar-refractivity contribution in [2.75, 3.05) is 6.54 Å². The van der Waals surface area contributed by atoms with E-state index in [4.69, 9.17) is 0 Å². The van der Waals surface area contributed by atoms with Gasteiger partial charge in [-0.3, -0.25) is 4.68 Å². The zero-order valence-electron chi connectivity index (χ0n) is 12.2. The quantitative estimate of drug-likeness (QED) is 0.888. The molecule has 0 radical (unpaired) electrons. The Bertz CT molecular complexity index is 383. The van der Waals surface area contributed by atoms with Gasteiger partial charge in [0.25, 0.3) is 0 Å². The van der Waals surface area contributed by atoms with Crippen molar-refractivity contribution in [3.05, 3.63) is 17.5 Å². The van der Waals surface area contributed by atoms with Gasteiger partial charge in [-0.25, -0.2) is 0 Å².